The minimum atomic E-state index is -0.814. The van der Waals surface area contributed by atoms with Crippen LogP contribution in [-0.4, -0.2) is 16.1 Å². The number of carboxylic acids is 1. The molecule has 76 valence electrons. The van der Waals surface area contributed by atoms with Crippen LogP contribution >= 0.6 is 0 Å². The van der Waals surface area contributed by atoms with Gasteiger partial charge in [-0.1, -0.05) is 18.2 Å². The fourth-order valence-electron chi connectivity index (χ4n) is 1.65. The van der Waals surface area contributed by atoms with Gasteiger partial charge in [-0.15, -0.1) is 0 Å². The first-order valence-electron chi connectivity index (χ1n) is 4.75. The Kier molecular flexibility index (Phi) is 2.37. The molecule has 1 aromatic carbocycles. The van der Waals surface area contributed by atoms with E-state index in [1.807, 2.05) is 24.3 Å². The van der Waals surface area contributed by atoms with Crippen LogP contribution in [0.15, 0.2) is 36.7 Å². The number of fused-ring (bicyclic) bond motifs is 1. The van der Waals surface area contributed by atoms with E-state index in [0.29, 0.717) is 0 Å². The summed E-state index contributed by atoms with van der Waals surface area (Å²) >= 11 is 0. The topological polar surface area (TPSA) is 50.2 Å². The van der Waals surface area contributed by atoms with Crippen molar-refractivity contribution >= 4 is 16.7 Å². The molecule has 1 N–H and O–H groups in total. The molecule has 2 rings (SSSR count). The lowest BCUT2D eigenvalue weighted by atomic mass is 9.96. The molecule has 1 unspecified atom stereocenters. The molecule has 0 bridgehead atoms. The number of aliphatic carboxylic acids is 1. The largest absolute Gasteiger partial charge is 0.481 e. The molecule has 0 radical (unpaired) electrons. The second kappa shape index (κ2) is 3.69. The molecule has 1 atom stereocenters. The highest BCUT2D eigenvalue weighted by molar-refractivity contribution is 5.89. The van der Waals surface area contributed by atoms with Crippen molar-refractivity contribution in [2.45, 2.75) is 12.8 Å². The lowest BCUT2D eigenvalue weighted by molar-refractivity contribution is -0.138. The number of aromatic nitrogens is 1. The number of benzene rings is 1. The summed E-state index contributed by atoms with van der Waals surface area (Å²) in [6, 6.07) is 7.54. The Morgan fingerprint density at radius 3 is 2.93 bits per heavy atom. The van der Waals surface area contributed by atoms with Crippen LogP contribution in [0.2, 0.25) is 0 Å². The molecule has 3 nitrogen and oxygen atoms in total. The number of pyridine rings is 1. The van der Waals surface area contributed by atoms with E-state index in [9.17, 15) is 4.79 Å². The standard InChI is InChI=1S/C12H11NO2/c1-8(12(14)15)10-4-2-3-9-5-6-13-7-11(9)10/h2-8H,1H3,(H,14,15). The predicted octanol–water partition coefficient (Wildman–Crippen LogP) is 2.42. The van der Waals surface area contributed by atoms with Crippen molar-refractivity contribution < 1.29 is 9.90 Å². The van der Waals surface area contributed by atoms with E-state index >= 15 is 0 Å². The zero-order valence-corrected chi connectivity index (χ0v) is 8.34. The Labute approximate surface area is 87.4 Å². The van der Waals surface area contributed by atoms with Gasteiger partial charge in [-0.3, -0.25) is 9.78 Å². The summed E-state index contributed by atoms with van der Waals surface area (Å²) in [7, 11) is 0. The zero-order valence-electron chi connectivity index (χ0n) is 8.34. The molecule has 0 fully saturated rings. The molecular weight excluding hydrogens is 190 g/mol. The van der Waals surface area contributed by atoms with Gasteiger partial charge >= 0.3 is 5.97 Å². The maximum absolute atomic E-state index is 10.9. The van der Waals surface area contributed by atoms with Gasteiger partial charge in [-0.05, 0) is 23.9 Å². The fraction of sp³-hybridized carbons (Fsp3) is 0.167. The molecular formula is C12H11NO2. The molecule has 1 heterocycles. The summed E-state index contributed by atoms with van der Waals surface area (Å²) in [6.07, 6.45) is 3.42. The summed E-state index contributed by atoms with van der Waals surface area (Å²) in [5.74, 6) is -1.32. The first kappa shape index (κ1) is 9.65. The zero-order chi connectivity index (χ0) is 10.8. The van der Waals surface area contributed by atoms with Gasteiger partial charge < -0.3 is 5.11 Å². The molecule has 0 aliphatic carbocycles. The van der Waals surface area contributed by atoms with Gasteiger partial charge in [0.2, 0.25) is 0 Å². The van der Waals surface area contributed by atoms with Gasteiger partial charge in [0.15, 0.2) is 0 Å². The van der Waals surface area contributed by atoms with Crippen molar-refractivity contribution in [3.8, 4) is 0 Å². The molecule has 1 aromatic heterocycles. The van der Waals surface area contributed by atoms with Crippen LogP contribution in [0.1, 0.15) is 18.4 Å². The molecule has 0 aliphatic rings. The molecule has 2 aromatic rings. The average molecular weight is 201 g/mol. The second-order valence-corrected chi connectivity index (χ2v) is 3.50. The molecule has 0 aliphatic heterocycles. The average Bonchev–Trinajstić information content (AvgIpc) is 2.27. The normalized spacial score (nSPS) is 12.6. The Balaban J connectivity index is 2.65. The number of rotatable bonds is 2. The van der Waals surface area contributed by atoms with Gasteiger partial charge in [0.1, 0.15) is 0 Å². The van der Waals surface area contributed by atoms with Crippen LogP contribution in [-0.2, 0) is 4.79 Å². The van der Waals surface area contributed by atoms with Crippen molar-refractivity contribution in [2.75, 3.05) is 0 Å². The summed E-state index contributed by atoms with van der Waals surface area (Å²) in [6.45, 7) is 1.68. The number of nitrogens with zero attached hydrogens (tertiary/aromatic N) is 1. The van der Waals surface area contributed by atoms with E-state index in [1.54, 1.807) is 19.3 Å². The molecule has 0 amide bonds. The van der Waals surface area contributed by atoms with Crippen molar-refractivity contribution in [1.82, 2.24) is 4.98 Å². The van der Waals surface area contributed by atoms with Gasteiger partial charge in [0.05, 0.1) is 5.92 Å². The summed E-state index contributed by atoms with van der Waals surface area (Å²) in [5.41, 5.74) is 0.813. The summed E-state index contributed by atoms with van der Waals surface area (Å²) in [5, 5.41) is 10.9. The Bertz CT molecular complexity index is 502. The van der Waals surface area contributed by atoms with E-state index in [1.165, 1.54) is 0 Å². The lowest BCUT2D eigenvalue weighted by Gasteiger charge is -2.09. The van der Waals surface area contributed by atoms with Crippen LogP contribution in [0, 0.1) is 0 Å². The van der Waals surface area contributed by atoms with Crippen LogP contribution in [0.4, 0.5) is 0 Å². The Hall–Kier alpha value is -1.90. The van der Waals surface area contributed by atoms with Crippen molar-refractivity contribution in [1.29, 1.82) is 0 Å². The lowest BCUT2D eigenvalue weighted by Crippen LogP contribution is -2.07. The summed E-state index contributed by atoms with van der Waals surface area (Å²) < 4.78 is 0. The van der Waals surface area contributed by atoms with E-state index in [-0.39, 0.29) is 0 Å². The number of carbonyl (C=O) groups is 1. The third-order valence-corrected chi connectivity index (χ3v) is 2.55. The van der Waals surface area contributed by atoms with Crippen molar-refractivity contribution in [2.24, 2.45) is 0 Å². The van der Waals surface area contributed by atoms with Crippen LogP contribution in [0.5, 0.6) is 0 Å². The fourth-order valence-corrected chi connectivity index (χ4v) is 1.65. The Morgan fingerprint density at radius 2 is 2.20 bits per heavy atom. The maximum Gasteiger partial charge on any atom is 0.310 e. The highest BCUT2D eigenvalue weighted by atomic mass is 16.4. The molecule has 3 heteroatoms. The Morgan fingerprint density at radius 1 is 1.40 bits per heavy atom. The number of hydrogen-bond donors (Lipinski definition) is 1. The molecule has 0 spiro atoms. The predicted molar refractivity (Wildman–Crippen MR) is 57.8 cm³/mol. The first-order chi connectivity index (χ1) is 7.20. The SMILES string of the molecule is CC(C(=O)O)c1cccc2ccncc12. The van der Waals surface area contributed by atoms with Crippen LogP contribution < -0.4 is 0 Å². The molecule has 15 heavy (non-hydrogen) atoms. The minimum Gasteiger partial charge on any atom is -0.481 e. The van der Waals surface area contributed by atoms with Gasteiger partial charge in [0.25, 0.3) is 0 Å². The van der Waals surface area contributed by atoms with E-state index in [0.717, 1.165) is 16.3 Å². The van der Waals surface area contributed by atoms with Crippen molar-refractivity contribution in [3.05, 3.63) is 42.2 Å². The van der Waals surface area contributed by atoms with Gasteiger partial charge in [-0.2, -0.15) is 0 Å². The highest BCUT2D eigenvalue weighted by Crippen LogP contribution is 2.24. The quantitative estimate of drug-likeness (QED) is 0.811. The third-order valence-electron chi connectivity index (χ3n) is 2.55. The molecule has 0 saturated carbocycles. The van der Waals surface area contributed by atoms with E-state index < -0.39 is 11.9 Å². The van der Waals surface area contributed by atoms with E-state index in [4.69, 9.17) is 5.11 Å². The smallest absolute Gasteiger partial charge is 0.310 e. The van der Waals surface area contributed by atoms with Crippen LogP contribution in [0.3, 0.4) is 0 Å². The monoisotopic (exact) mass is 201 g/mol. The third kappa shape index (κ3) is 1.68. The summed E-state index contributed by atoms with van der Waals surface area (Å²) in [4.78, 5) is 14.9. The van der Waals surface area contributed by atoms with Gasteiger partial charge in [-0.25, -0.2) is 0 Å². The van der Waals surface area contributed by atoms with Gasteiger partial charge in [0, 0.05) is 17.8 Å². The van der Waals surface area contributed by atoms with E-state index in [2.05, 4.69) is 4.98 Å². The van der Waals surface area contributed by atoms with Crippen LogP contribution in [0.25, 0.3) is 10.8 Å². The number of carboxylic acid groups (broad SMARTS) is 1. The second-order valence-electron chi connectivity index (χ2n) is 3.50. The molecule has 0 saturated heterocycles. The van der Waals surface area contributed by atoms with Crippen molar-refractivity contribution in [3.63, 3.8) is 0 Å². The maximum atomic E-state index is 10.9. The number of hydrogen-bond acceptors (Lipinski definition) is 2. The minimum absolute atomic E-state index is 0.502. The first-order valence-corrected chi connectivity index (χ1v) is 4.75. The highest BCUT2D eigenvalue weighted by Gasteiger charge is 2.15.